The first-order chi connectivity index (χ1) is 8.28. The molecule has 0 spiro atoms. The van der Waals surface area contributed by atoms with E-state index in [1.165, 1.54) is 11.9 Å². The van der Waals surface area contributed by atoms with E-state index in [0.29, 0.717) is 5.84 Å². The second-order valence-electron chi connectivity index (χ2n) is 3.36. The first-order valence-electron chi connectivity index (χ1n) is 5.86. The molecule has 0 aromatic carbocycles. The third-order valence-electron chi connectivity index (χ3n) is 2.05. The zero-order chi connectivity index (χ0) is 12.9. The minimum absolute atomic E-state index is 0.581. The molecule has 0 aromatic heterocycles. The van der Waals surface area contributed by atoms with Crippen LogP contribution in [0.5, 0.6) is 0 Å². The molecule has 0 aliphatic rings. The molecule has 0 unspecified atom stereocenters. The van der Waals surface area contributed by atoms with Crippen molar-refractivity contribution in [2.24, 2.45) is 9.98 Å². The van der Waals surface area contributed by atoms with Crippen molar-refractivity contribution in [1.82, 2.24) is 16.4 Å². The molecule has 5 heteroatoms. The van der Waals surface area contributed by atoms with Gasteiger partial charge in [-0.3, -0.25) is 5.43 Å². The average Bonchev–Trinajstić information content (AvgIpc) is 2.36. The predicted molar refractivity (Wildman–Crippen MR) is 74.7 cm³/mol. The minimum atomic E-state index is 0.581. The van der Waals surface area contributed by atoms with E-state index < -0.39 is 0 Å². The summed E-state index contributed by atoms with van der Waals surface area (Å²) in [6, 6.07) is 0. The van der Waals surface area contributed by atoms with Gasteiger partial charge in [0, 0.05) is 13.2 Å². The Morgan fingerprint density at radius 3 is 2.65 bits per heavy atom. The molecule has 17 heavy (non-hydrogen) atoms. The van der Waals surface area contributed by atoms with Gasteiger partial charge in [0.15, 0.2) is 5.84 Å². The number of hydrogen-bond acceptors (Lipinski definition) is 3. The highest BCUT2D eigenvalue weighted by Crippen LogP contribution is 2.08. The van der Waals surface area contributed by atoms with Crippen LogP contribution < -0.4 is 16.4 Å². The van der Waals surface area contributed by atoms with Crippen LogP contribution in [-0.4, -0.2) is 19.2 Å². The number of hydrazine groups is 2. The maximum absolute atomic E-state index is 4.28. The van der Waals surface area contributed by atoms with E-state index in [1.54, 1.807) is 13.1 Å². The lowest BCUT2D eigenvalue weighted by atomic mass is 10.1. The summed E-state index contributed by atoms with van der Waals surface area (Å²) in [5, 5.41) is 0. The largest absolute Gasteiger partial charge is 0.298 e. The lowest BCUT2D eigenvalue weighted by molar-refractivity contribution is 0.568. The van der Waals surface area contributed by atoms with Crippen LogP contribution in [0.2, 0.25) is 0 Å². The SMILES string of the molecule is C=CC(N=CNNNC)=N/C=C(/CC)CCC. The van der Waals surface area contributed by atoms with E-state index >= 15 is 0 Å². The minimum Gasteiger partial charge on any atom is -0.298 e. The van der Waals surface area contributed by atoms with E-state index in [4.69, 9.17) is 0 Å². The Labute approximate surface area is 104 Å². The summed E-state index contributed by atoms with van der Waals surface area (Å²) >= 11 is 0. The zero-order valence-electron chi connectivity index (χ0n) is 11.0. The van der Waals surface area contributed by atoms with Crippen molar-refractivity contribution in [2.75, 3.05) is 7.05 Å². The standard InChI is InChI=1S/C12H23N5/c1-5-8-11(6-2)9-14-12(7-3)15-10-16-17-13-4/h7,9-10,13,17H,3,5-6,8H2,1-2,4H3,(H,14,15,16)/b11-9-. The molecule has 5 nitrogen and oxygen atoms in total. The third-order valence-corrected chi connectivity index (χ3v) is 2.05. The molecule has 0 bridgehead atoms. The zero-order valence-corrected chi connectivity index (χ0v) is 11.0. The summed E-state index contributed by atoms with van der Waals surface area (Å²) in [7, 11) is 1.75. The van der Waals surface area contributed by atoms with Gasteiger partial charge in [0.1, 0.15) is 6.34 Å². The Morgan fingerprint density at radius 1 is 1.35 bits per heavy atom. The van der Waals surface area contributed by atoms with Gasteiger partial charge in [-0.1, -0.05) is 32.4 Å². The number of allylic oxidation sites excluding steroid dienone is 1. The van der Waals surface area contributed by atoms with E-state index in [2.05, 4.69) is 46.8 Å². The van der Waals surface area contributed by atoms with E-state index in [0.717, 1.165) is 19.3 Å². The Hall–Kier alpha value is -1.46. The first-order valence-corrected chi connectivity index (χ1v) is 5.86. The Balaban J connectivity index is 4.42. The second kappa shape index (κ2) is 11.0. The van der Waals surface area contributed by atoms with E-state index in [1.807, 2.05) is 6.20 Å². The van der Waals surface area contributed by atoms with Gasteiger partial charge in [0.2, 0.25) is 0 Å². The highest BCUT2D eigenvalue weighted by molar-refractivity contribution is 5.97. The van der Waals surface area contributed by atoms with Crippen molar-refractivity contribution in [3.8, 4) is 0 Å². The number of rotatable bonds is 8. The molecule has 0 aromatic rings. The summed E-state index contributed by atoms with van der Waals surface area (Å²) in [5.74, 6) is 0.581. The maximum Gasteiger partial charge on any atom is 0.152 e. The maximum atomic E-state index is 4.28. The fourth-order valence-corrected chi connectivity index (χ4v) is 1.15. The molecular weight excluding hydrogens is 214 g/mol. The van der Waals surface area contributed by atoms with Crippen LogP contribution in [0.3, 0.4) is 0 Å². The summed E-state index contributed by atoms with van der Waals surface area (Å²) in [4.78, 5) is 8.37. The molecular formula is C12H23N5. The quantitative estimate of drug-likeness (QED) is 0.262. The summed E-state index contributed by atoms with van der Waals surface area (Å²) in [6.07, 6.45) is 8.24. The van der Waals surface area contributed by atoms with Gasteiger partial charge >= 0.3 is 0 Å². The van der Waals surface area contributed by atoms with Gasteiger partial charge in [-0.2, -0.15) is 5.53 Å². The summed E-state index contributed by atoms with van der Waals surface area (Å²) in [6.45, 7) is 7.96. The van der Waals surface area contributed by atoms with Crippen LogP contribution in [0.25, 0.3) is 0 Å². The van der Waals surface area contributed by atoms with Crippen molar-refractivity contribution in [3.63, 3.8) is 0 Å². The fourth-order valence-electron chi connectivity index (χ4n) is 1.15. The van der Waals surface area contributed by atoms with E-state index in [9.17, 15) is 0 Å². The molecule has 0 aliphatic carbocycles. The van der Waals surface area contributed by atoms with Gasteiger partial charge in [0.05, 0.1) is 0 Å². The Morgan fingerprint density at radius 2 is 2.12 bits per heavy atom. The molecule has 0 rings (SSSR count). The molecule has 96 valence electrons. The fraction of sp³-hybridized carbons (Fsp3) is 0.500. The van der Waals surface area contributed by atoms with Crippen LogP contribution in [0, 0.1) is 0 Å². The number of nitrogens with one attached hydrogen (secondary N) is 3. The summed E-state index contributed by atoms with van der Waals surface area (Å²) in [5.41, 5.74) is 9.42. The molecule has 0 heterocycles. The van der Waals surface area contributed by atoms with Crippen molar-refractivity contribution in [3.05, 3.63) is 24.4 Å². The molecule has 0 aliphatic heterocycles. The van der Waals surface area contributed by atoms with Crippen molar-refractivity contribution in [2.45, 2.75) is 33.1 Å². The Bertz CT molecular complexity index is 291. The summed E-state index contributed by atoms with van der Waals surface area (Å²) < 4.78 is 0. The number of aliphatic imine (C=N–C) groups is 2. The van der Waals surface area contributed by atoms with Gasteiger partial charge < -0.3 is 0 Å². The number of hydrogen-bond donors (Lipinski definition) is 3. The highest BCUT2D eigenvalue weighted by atomic mass is 15.6. The van der Waals surface area contributed by atoms with Crippen molar-refractivity contribution >= 4 is 12.2 Å². The normalized spacial score (nSPS) is 13.1. The van der Waals surface area contributed by atoms with Crippen LogP contribution >= 0.6 is 0 Å². The molecule has 0 amide bonds. The third kappa shape index (κ3) is 8.36. The molecule has 0 atom stereocenters. The average molecular weight is 237 g/mol. The molecule has 0 saturated carbocycles. The van der Waals surface area contributed by atoms with Gasteiger partial charge in [0.25, 0.3) is 0 Å². The van der Waals surface area contributed by atoms with Crippen LogP contribution in [-0.2, 0) is 0 Å². The lowest BCUT2D eigenvalue weighted by Gasteiger charge is -2.00. The van der Waals surface area contributed by atoms with Gasteiger partial charge in [-0.15, -0.1) is 0 Å². The molecule has 0 fully saturated rings. The number of nitrogens with zero attached hydrogens (tertiary/aromatic N) is 2. The van der Waals surface area contributed by atoms with Crippen LogP contribution in [0.15, 0.2) is 34.4 Å². The van der Waals surface area contributed by atoms with Crippen molar-refractivity contribution < 1.29 is 0 Å². The molecule has 0 radical (unpaired) electrons. The lowest BCUT2D eigenvalue weighted by Crippen LogP contribution is -2.39. The van der Waals surface area contributed by atoms with Crippen LogP contribution in [0.1, 0.15) is 33.1 Å². The van der Waals surface area contributed by atoms with E-state index in [-0.39, 0.29) is 0 Å². The highest BCUT2D eigenvalue weighted by Gasteiger charge is 1.92. The first kappa shape index (κ1) is 15.5. The number of amidine groups is 1. The Kier molecular flexibility index (Phi) is 10.1. The van der Waals surface area contributed by atoms with Gasteiger partial charge in [-0.25, -0.2) is 15.4 Å². The van der Waals surface area contributed by atoms with Gasteiger partial charge in [-0.05, 0) is 18.9 Å². The predicted octanol–water partition coefficient (Wildman–Crippen LogP) is 1.92. The smallest absolute Gasteiger partial charge is 0.152 e. The second-order valence-corrected chi connectivity index (χ2v) is 3.36. The molecule has 0 saturated heterocycles. The van der Waals surface area contributed by atoms with Crippen molar-refractivity contribution in [1.29, 1.82) is 0 Å². The molecule has 3 N–H and O–H groups in total. The van der Waals surface area contributed by atoms with Crippen LogP contribution in [0.4, 0.5) is 0 Å². The topological polar surface area (TPSA) is 60.8 Å². The monoisotopic (exact) mass is 237 g/mol.